The van der Waals surface area contributed by atoms with Gasteiger partial charge in [-0.15, -0.1) is 0 Å². The summed E-state index contributed by atoms with van der Waals surface area (Å²) in [4.78, 5) is 11.9. The maximum atomic E-state index is 11.9. The van der Waals surface area contributed by atoms with Gasteiger partial charge in [0.15, 0.2) is 0 Å². The van der Waals surface area contributed by atoms with Crippen LogP contribution in [0.1, 0.15) is 59.3 Å². The van der Waals surface area contributed by atoms with Gasteiger partial charge in [0.05, 0.1) is 7.11 Å². The van der Waals surface area contributed by atoms with E-state index in [9.17, 15) is 4.79 Å². The molecule has 0 aromatic rings. The third-order valence-corrected chi connectivity index (χ3v) is 6.28. The first-order chi connectivity index (χ1) is 9.34. The summed E-state index contributed by atoms with van der Waals surface area (Å²) in [5.74, 6) is 2.69. The molecule has 0 aliphatic heterocycles. The van der Waals surface area contributed by atoms with E-state index in [0.717, 1.165) is 17.8 Å². The molecule has 1 N–H and O–H groups in total. The zero-order valence-electron chi connectivity index (χ0n) is 13.4. The number of methoxy groups -OCH3 is 1. The van der Waals surface area contributed by atoms with Gasteiger partial charge in [-0.25, -0.2) is 0 Å². The van der Waals surface area contributed by atoms with Crippen molar-refractivity contribution in [3.63, 3.8) is 0 Å². The Morgan fingerprint density at radius 3 is 2.00 bits per heavy atom. The van der Waals surface area contributed by atoms with Crippen molar-refractivity contribution in [3.05, 3.63) is 0 Å². The van der Waals surface area contributed by atoms with Gasteiger partial charge in [0.2, 0.25) is 0 Å². The lowest BCUT2D eigenvalue weighted by molar-refractivity contribution is -0.148. The second-order valence-corrected chi connectivity index (χ2v) is 8.26. The molecule has 4 aliphatic rings. The number of rotatable bonds is 4. The summed E-state index contributed by atoms with van der Waals surface area (Å²) in [6.07, 6.45) is 8.49. The molecule has 3 nitrogen and oxygen atoms in total. The van der Waals surface area contributed by atoms with E-state index in [1.165, 1.54) is 45.6 Å². The Labute approximate surface area is 122 Å². The van der Waals surface area contributed by atoms with Gasteiger partial charge in [0, 0.05) is 6.04 Å². The minimum absolute atomic E-state index is 0.158. The van der Waals surface area contributed by atoms with E-state index in [2.05, 4.69) is 12.2 Å². The smallest absolute Gasteiger partial charge is 0.325 e. The second kappa shape index (κ2) is 4.72. The monoisotopic (exact) mass is 279 g/mol. The minimum Gasteiger partial charge on any atom is -0.468 e. The fourth-order valence-electron chi connectivity index (χ4n) is 5.72. The molecule has 0 amide bonds. The predicted octanol–water partition coefficient (Wildman–Crippen LogP) is 3.13. The number of hydrogen-bond acceptors (Lipinski definition) is 3. The van der Waals surface area contributed by atoms with Crippen LogP contribution >= 0.6 is 0 Å². The number of esters is 1. The normalized spacial score (nSPS) is 40.7. The Morgan fingerprint density at radius 2 is 1.60 bits per heavy atom. The minimum atomic E-state index is -0.586. The number of nitrogens with one attached hydrogen (secondary N) is 1. The first-order valence-corrected chi connectivity index (χ1v) is 8.21. The number of carbonyl (C=O) groups is 1. The summed E-state index contributed by atoms with van der Waals surface area (Å²) in [5.41, 5.74) is -0.155. The molecule has 4 bridgehead atoms. The average Bonchev–Trinajstić information content (AvgIpc) is 2.35. The van der Waals surface area contributed by atoms with Gasteiger partial charge in [-0.2, -0.15) is 0 Å². The predicted molar refractivity (Wildman–Crippen MR) is 79.3 cm³/mol. The Balaban J connectivity index is 1.74. The van der Waals surface area contributed by atoms with Crippen LogP contribution in [0.25, 0.3) is 0 Å². The molecule has 4 fully saturated rings. The molecule has 0 radical (unpaired) electrons. The lowest BCUT2D eigenvalue weighted by Gasteiger charge is -2.59. The van der Waals surface area contributed by atoms with Gasteiger partial charge >= 0.3 is 5.97 Å². The van der Waals surface area contributed by atoms with E-state index in [-0.39, 0.29) is 5.97 Å². The van der Waals surface area contributed by atoms with Crippen molar-refractivity contribution in [1.29, 1.82) is 0 Å². The molecule has 1 unspecified atom stereocenters. The Kier molecular flexibility index (Phi) is 3.39. The fraction of sp³-hybridized carbons (Fsp3) is 0.941. The van der Waals surface area contributed by atoms with Gasteiger partial charge in [0.1, 0.15) is 5.54 Å². The highest BCUT2D eigenvalue weighted by atomic mass is 16.5. The molecule has 0 spiro atoms. The summed E-state index contributed by atoms with van der Waals surface area (Å²) >= 11 is 0. The highest BCUT2D eigenvalue weighted by molar-refractivity contribution is 5.79. The summed E-state index contributed by atoms with van der Waals surface area (Å²) in [7, 11) is 1.47. The topological polar surface area (TPSA) is 38.3 Å². The Bertz CT molecular complexity index is 367. The Hall–Kier alpha value is -0.570. The van der Waals surface area contributed by atoms with Crippen molar-refractivity contribution in [2.45, 2.75) is 70.9 Å². The van der Waals surface area contributed by atoms with Gasteiger partial charge in [-0.3, -0.25) is 10.1 Å². The van der Waals surface area contributed by atoms with Crippen molar-refractivity contribution in [3.8, 4) is 0 Å². The number of ether oxygens (including phenoxy) is 1. The van der Waals surface area contributed by atoms with E-state index in [4.69, 9.17) is 4.74 Å². The molecular weight excluding hydrogens is 250 g/mol. The van der Waals surface area contributed by atoms with E-state index in [0.29, 0.717) is 11.5 Å². The summed E-state index contributed by atoms with van der Waals surface area (Å²) < 4.78 is 4.93. The molecule has 1 atom stereocenters. The first kappa shape index (κ1) is 14.4. The summed E-state index contributed by atoms with van der Waals surface area (Å²) in [6, 6.07) is 0.394. The van der Waals surface area contributed by atoms with Crippen LogP contribution in [0.15, 0.2) is 0 Å². The third-order valence-electron chi connectivity index (χ3n) is 6.28. The highest BCUT2D eigenvalue weighted by Gasteiger charge is 2.53. The molecule has 4 saturated carbocycles. The molecule has 0 aromatic carbocycles. The molecule has 0 saturated heterocycles. The molecule has 3 heteroatoms. The van der Waals surface area contributed by atoms with Crippen LogP contribution in [0.5, 0.6) is 0 Å². The fourth-order valence-corrected chi connectivity index (χ4v) is 5.72. The van der Waals surface area contributed by atoms with Crippen molar-refractivity contribution in [1.82, 2.24) is 5.32 Å². The van der Waals surface area contributed by atoms with Crippen LogP contribution in [0.2, 0.25) is 0 Å². The SMILES string of the molecule is COC(=O)C(C)(C)NC(C)C12CC3CC(CC(C3)C1)C2. The van der Waals surface area contributed by atoms with Crippen LogP contribution in [-0.4, -0.2) is 24.7 Å². The van der Waals surface area contributed by atoms with Gasteiger partial charge in [0.25, 0.3) is 0 Å². The summed E-state index contributed by atoms with van der Waals surface area (Å²) in [5, 5.41) is 3.59. The average molecular weight is 279 g/mol. The van der Waals surface area contributed by atoms with Crippen LogP contribution in [0.4, 0.5) is 0 Å². The van der Waals surface area contributed by atoms with Crippen molar-refractivity contribution < 1.29 is 9.53 Å². The second-order valence-electron chi connectivity index (χ2n) is 8.26. The van der Waals surface area contributed by atoms with Crippen molar-refractivity contribution in [2.75, 3.05) is 7.11 Å². The zero-order valence-corrected chi connectivity index (χ0v) is 13.4. The van der Waals surface area contributed by atoms with Crippen molar-refractivity contribution >= 4 is 5.97 Å². The third kappa shape index (κ3) is 2.28. The zero-order chi connectivity index (χ0) is 14.5. The lowest BCUT2D eigenvalue weighted by atomic mass is 9.48. The first-order valence-electron chi connectivity index (χ1n) is 8.21. The largest absolute Gasteiger partial charge is 0.468 e. The molecule has 0 aromatic heterocycles. The molecule has 4 aliphatic carbocycles. The van der Waals surface area contributed by atoms with Crippen LogP contribution in [0, 0.1) is 23.2 Å². The molecular formula is C17H29NO2. The number of carbonyl (C=O) groups excluding carboxylic acids is 1. The molecule has 0 heterocycles. The van der Waals surface area contributed by atoms with Crippen LogP contribution < -0.4 is 5.32 Å². The quantitative estimate of drug-likeness (QED) is 0.804. The van der Waals surface area contributed by atoms with Crippen LogP contribution in [-0.2, 0) is 9.53 Å². The van der Waals surface area contributed by atoms with Crippen LogP contribution in [0.3, 0.4) is 0 Å². The summed E-state index contributed by atoms with van der Waals surface area (Å²) in [6.45, 7) is 6.17. The van der Waals surface area contributed by atoms with Gasteiger partial charge in [-0.05, 0) is 82.5 Å². The van der Waals surface area contributed by atoms with Gasteiger partial charge in [-0.1, -0.05) is 0 Å². The van der Waals surface area contributed by atoms with E-state index in [1.807, 2.05) is 13.8 Å². The Morgan fingerprint density at radius 1 is 1.15 bits per heavy atom. The molecule has 20 heavy (non-hydrogen) atoms. The van der Waals surface area contributed by atoms with Crippen molar-refractivity contribution in [2.24, 2.45) is 23.2 Å². The molecule has 4 rings (SSSR count). The standard InChI is InChI=1S/C17H29NO2/c1-11(18-16(2,3)15(19)20-4)17-8-12-5-13(9-17)7-14(6-12)10-17/h11-14,18H,5-10H2,1-4H3. The van der Waals surface area contributed by atoms with E-state index < -0.39 is 5.54 Å². The maximum absolute atomic E-state index is 11.9. The van der Waals surface area contributed by atoms with E-state index in [1.54, 1.807) is 0 Å². The maximum Gasteiger partial charge on any atom is 0.325 e. The lowest BCUT2D eigenvalue weighted by Crippen LogP contribution is -2.60. The highest BCUT2D eigenvalue weighted by Crippen LogP contribution is 2.61. The van der Waals surface area contributed by atoms with E-state index >= 15 is 0 Å². The van der Waals surface area contributed by atoms with Gasteiger partial charge < -0.3 is 4.74 Å². The number of hydrogen-bond donors (Lipinski definition) is 1. The molecule has 114 valence electrons.